The Balaban J connectivity index is 2.35. The molecule has 1 aromatic heterocycles. The third kappa shape index (κ3) is 2.33. The van der Waals surface area contributed by atoms with E-state index in [1.807, 2.05) is 23.0 Å². The second-order valence-electron chi connectivity index (χ2n) is 3.72. The molecule has 2 N–H and O–H groups in total. The predicted molar refractivity (Wildman–Crippen MR) is 68.8 cm³/mol. The van der Waals surface area contributed by atoms with Crippen LogP contribution in [0.25, 0.3) is 5.69 Å². The molecule has 0 aliphatic carbocycles. The number of nitrogens with two attached hydrogens (primary N) is 1. The molecule has 0 radical (unpaired) electrons. The monoisotopic (exact) mass is 279 g/mol. The third-order valence-electron chi connectivity index (χ3n) is 2.45. The smallest absolute Gasteiger partial charge is 0.0675 e. The molecule has 1 heterocycles. The minimum absolute atomic E-state index is 0.635. The molecule has 2 rings (SSSR count). The van der Waals surface area contributed by atoms with Crippen LogP contribution in [0.15, 0.2) is 34.9 Å². The summed E-state index contributed by atoms with van der Waals surface area (Å²) in [6, 6.07) is 8.17. The molecular formula is C12H14BrN3. The summed E-state index contributed by atoms with van der Waals surface area (Å²) in [5.74, 6) is 0. The number of hydrogen-bond donors (Lipinski definition) is 1. The SMILES string of the molecule is Cc1cc(Br)ccc1-n1ccc(CCN)n1. The first kappa shape index (κ1) is 11.4. The van der Waals surface area contributed by atoms with E-state index in [4.69, 9.17) is 5.73 Å². The first-order valence-electron chi connectivity index (χ1n) is 5.22. The molecule has 1 aromatic carbocycles. The zero-order chi connectivity index (χ0) is 11.5. The molecule has 0 aliphatic rings. The fourth-order valence-corrected chi connectivity index (χ4v) is 2.13. The molecule has 0 saturated carbocycles. The molecule has 0 spiro atoms. The minimum Gasteiger partial charge on any atom is -0.330 e. The summed E-state index contributed by atoms with van der Waals surface area (Å²) in [5, 5.41) is 4.48. The summed E-state index contributed by atoms with van der Waals surface area (Å²) in [6.45, 7) is 2.71. The van der Waals surface area contributed by atoms with E-state index in [-0.39, 0.29) is 0 Å². The maximum absolute atomic E-state index is 5.50. The van der Waals surface area contributed by atoms with Crippen LogP contribution in [0.1, 0.15) is 11.3 Å². The Bertz CT molecular complexity index is 491. The molecule has 0 bridgehead atoms. The molecule has 0 saturated heterocycles. The van der Waals surface area contributed by atoms with E-state index in [1.165, 1.54) is 5.56 Å². The quantitative estimate of drug-likeness (QED) is 0.938. The van der Waals surface area contributed by atoms with Crippen molar-refractivity contribution in [3.05, 3.63) is 46.2 Å². The number of rotatable bonds is 3. The van der Waals surface area contributed by atoms with Crippen molar-refractivity contribution in [2.75, 3.05) is 6.54 Å². The Labute approximate surface area is 103 Å². The summed E-state index contributed by atoms with van der Waals surface area (Å²) in [5.41, 5.74) is 8.83. The summed E-state index contributed by atoms with van der Waals surface area (Å²) in [7, 11) is 0. The van der Waals surface area contributed by atoms with Crippen molar-refractivity contribution in [1.82, 2.24) is 9.78 Å². The van der Waals surface area contributed by atoms with Crippen LogP contribution in [0.2, 0.25) is 0 Å². The van der Waals surface area contributed by atoms with E-state index >= 15 is 0 Å². The Morgan fingerprint density at radius 1 is 1.38 bits per heavy atom. The van der Waals surface area contributed by atoms with Crippen molar-refractivity contribution in [3.63, 3.8) is 0 Å². The van der Waals surface area contributed by atoms with Crippen molar-refractivity contribution in [3.8, 4) is 5.69 Å². The van der Waals surface area contributed by atoms with Gasteiger partial charge in [0.25, 0.3) is 0 Å². The van der Waals surface area contributed by atoms with Gasteiger partial charge in [0.1, 0.15) is 0 Å². The summed E-state index contributed by atoms with van der Waals surface area (Å²) in [6.07, 6.45) is 2.80. The lowest BCUT2D eigenvalue weighted by atomic mass is 10.2. The Morgan fingerprint density at radius 2 is 2.19 bits per heavy atom. The molecule has 3 nitrogen and oxygen atoms in total. The minimum atomic E-state index is 0.635. The van der Waals surface area contributed by atoms with Gasteiger partial charge in [-0.3, -0.25) is 0 Å². The van der Waals surface area contributed by atoms with Crippen molar-refractivity contribution >= 4 is 15.9 Å². The van der Waals surface area contributed by atoms with Crippen LogP contribution >= 0.6 is 15.9 Å². The predicted octanol–water partition coefficient (Wildman–Crippen LogP) is 2.44. The number of aromatic nitrogens is 2. The maximum atomic E-state index is 5.50. The largest absolute Gasteiger partial charge is 0.330 e. The highest BCUT2D eigenvalue weighted by Gasteiger charge is 2.03. The molecule has 0 atom stereocenters. The zero-order valence-electron chi connectivity index (χ0n) is 9.15. The van der Waals surface area contributed by atoms with Gasteiger partial charge in [0.2, 0.25) is 0 Å². The highest BCUT2D eigenvalue weighted by atomic mass is 79.9. The molecule has 4 heteroatoms. The second-order valence-corrected chi connectivity index (χ2v) is 4.64. The van der Waals surface area contributed by atoms with Crippen LogP contribution in [-0.2, 0) is 6.42 Å². The highest BCUT2D eigenvalue weighted by Crippen LogP contribution is 2.18. The Hall–Kier alpha value is -1.13. The number of hydrogen-bond acceptors (Lipinski definition) is 2. The number of nitrogens with zero attached hydrogens (tertiary/aromatic N) is 2. The van der Waals surface area contributed by atoms with E-state index in [9.17, 15) is 0 Å². The number of benzene rings is 1. The van der Waals surface area contributed by atoms with Gasteiger partial charge in [0.05, 0.1) is 11.4 Å². The van der Waals surface area contributed by atoms with E-state index in [1.54, 1.807) is 0 Å². The van der Waals surface area contributed by atoms with Crippen molar-refractivity contribution in [2.24, 2.45) is 5.73 Å². The van der Waals surface area contributed by atoms with Gasteiger partial charge in [-0.25, -0.2) is 4.68 Å². The van der Waals surface area contributed by atoms with Crippen LogP contribution in [0.5, 0.6) is 0 Å². The highest BCUT2D eigenvalue weighted by molar-refractivity contribution is 9.10. The van der Waals surface area contributed by atoms with Crippen molar-refractivity contribution in [2.45, 2.75) is 13.3 Å². The fourth-order valence-electron chi connectivity index (χ4n) is 1.65. The Morgan fingerprint density at radius 3 is 2.88 bits per heavy atom. The van der Waals surface area contributed by atoms with Crippen LogP contribution in [-0.4, -0.2) is 16.3 Å². The average molecular weight is 280 g/mol. The van der Waals surface area contributed by atoms with Gasteiger partial charge in [0, 0.05) is 17.1 Å². The third-order valence-corrected chi connectivity index (χ3v) is 2.94. The van der Waals surface area contributed by atoms with Gasteiger partial charge in [-0.1, -0.05) is 15.9 Å². The van der Waals surface area contributed by atoms with Crippen LogP contribution in [0.3, 0.4) is 0 Å². The van der Waals surface area contributed by atoms with E-state index in [2.05, 4.69) is 40.1 Å². The van der Waals surface area contributed by atoms with Gasteiger partial charge >= 0.3 is 0 Å². The van der Waals surface area contributed by atoms with Gasteiger partial charge < -0.3 is 5.73 Å². The van der Waals surface area contributed by atoms with E-state index in [0.717, 1.165) is 22.3 Å². The second kappa shape index (κ2) is 4.80. The molecular weight excluding hydrogens is 266 g/mol. The molecule has 84 valence electrons. The molecule has 0 unspecified atom stereocenters. The van der Waals surface area contributed by atoms with Crippen molar-refractivity contribution in [1.29, 1.82) is 0 Å². The van der Waals surface area contributed by atoms with Gasteiger partial charge in [-0.15, -0.1) is 0 Å². The number of aryl methyl sites for hydroxylation is 1. The van der Waals surface area contributed by atoms with Crippen LogP contribution < -0.4 is 5.73 Å². The van der Waals surface area contributed by atoms with Crippen LogP contribution in [0, 0.1) is 6.92 Å². The lowest BCUT2D eigenvalue weighted by molar-refractivity contribution is 0.817. The lowest BCUT2D eigenvalue weighted by Crippen LogP contribution is -2.04. The van der Waals surface area contributed by atoms with E-state index in [0.29, 0.717) is 6.54 Å². The van der Waals surface area contributed by atoms with E-state index < -0.39 is 0 Å². The normalized spacial score (nSPS) is 10.7. The summed E-state index contributed by atoms with van der Waals surface area (Å²) < 4.78 is 2.98. The summed E-state index contributed by atoms with van der Waals surface area (Å²) in [4.78, 5) is 0. The van der Waals surface area contributed by atoms with Gasteiger partial charge in [0.15, 0.2) is 0 Å². The zero-order valence-corrected chi connectivity index (χ0v) is 10.7. The topological polar surface area (TPSA) is 43.8 Å². The van der Waals surface area contributed by atoms with Gasteiger partial charge in [-0.05, 0) is 43.3 Å². The van der Waals surface area contributed by atoms with Crippen molar-refractivity contribution < 1.29 is 0 Å². The standard InChI is InChI=1S/C12H14BrN3/c1-9-8-10(13)2-3-12(9)16-7-5-11(15-16)4-6-14/h2-3,5,7-8H,4,6,14H2,1H3. The molecule has 0 aliphatic heterocycles. The molecule has 16 heavy (non-hydrogen) atoms. The fraction of sp³-hybridized carbons (Fsp3) is 0.250. The first-order valence-corrected chi connectivity index (χ1v) is 6.01. The summed E-state index contributed by atoms with van der Waals surface area (Å²) >= 11 is 3.45. The molecule has 2 aromatic rings. The first-order chi connectivity index (χ1) is 7.70. The van der Waals surface area contributed by atoms with Crippen LogP contribution in [0.4, 0.5) is 0 Å². The van der Waals surface area contributed by atoms with Gasteiger partial charge in [-0.2, -0.15) is 5.10 Å². The molecule has 0 fully saturated rings. The molecule has 0 amide bonds. The average Bonchev–Trinajstić information content (AvgIpc) is 2.67. The Kier molecular flexibility index (Phi) is 3.41. The lowest BCUT2D eigenvalue weighted by Gasteiger charge is -2.05. The number of halogens is 1. The maximum Gasteiger partial charge on any atom is 0.0675 e.